The molecule has 1 heteroatoms. The molecule has 1 aliphatic rings. The molecule has 0 amide bonds. The molecule has 160 valence electrons. The fourth-order valence-corrected chi connectivity index (χ4v) is 4.83. The zero-order valence-corrected chi connectivity index (χ0v) is 21.4. The largest absolute Gasteiger partial charge is 0.138 e. The van der Waals surface area contributed by atoms with Crippen LogP contribution in [0.1, 0.15) is 85.6 Å². The minimum atomic E-state index is -1.57. The van der Waals surface area contributed by atoms with Crippen LogP contribution in [0, 0.1) is 22.8 Å². The highest BCUT2D eigenvalue weighted by Crippen LogP contribution is 2.41. The van der Waals surface area contributed by atoms with Crippen molar-refractivity contribution in [3.63, 3.8) is 0 Å². The van der Waals surface area contributed by atoms with Crippen LogP contribution in [0.15, 0.2) is 41.5 Å². The second-order valence-corrected chi connectivity index (χ2v) is 16.7. The third-order valence-electron chi connectivity index (χ3n) is 7.38. The molecule has 1 aromatic rings. The molecule has 1 aromatic carbocycles. The normalized spacial score (nSPS) is 18.2. The van der Waals surface area contributed by atoms with E-state index in [4.69, 9.17) is 0 Å². The van der Waals surface area contributed by atoms with Crippen molar-refractivity contribution >= 4 is 8.07 Å². The molecule has 0 aliphatic heterocycles. The third-order valence-corrected chi connectivity index (χ3v) is 11.9. The van der Waals surface area contributed by atoms with Gasteiger partial charge >= 0.3 is 0 Å². The van der Waals surface area contributed by atoms with Gasteiger partial charge in [-0.25, -0.2) is 0 Å². The maximum atomic E-state index is 3.82. The van der Waals surface area contributed by atoms with Gasteiger partial charge in [-0.2, -0.15) is 0 Å². The summed E-state index contributed by atoms with van der Waals surface area (Å²) >= 11 is 0. The SMILES string of the molecule is CC(C)(C)C1CCC(=C(C#C[Si](C)(C)C(C)(C)C)CCCc2ccccc2)CC1. The molecular formula is C28H44Si. The van der Waals surface area contributed by atoms with E-state index in [2.05, 4.69) is 96.4 Å². The Morgan fingerprint density at radius 2 is 1.55 bits per heavy atom. The van der Waals surface area contributed by atoms with Crippen molar-refractivity contribution in [1.82, 2.24) is 0 Å². The second kappa shape index (κ2) is 9.70. The standard InChI is InChI=1S/C28H44Si/c1-27(2,3)26-19-17-25(18-20-26)24(21-22-29(7,8)28(4,5)6)16-12-15-23-13-10-9-11-14-23/h9-11,13-14,26H,12,15-20H2,1-8H3. The first kappa shape index (κ1) is 24.0. The lowest BCUT2D eigenvalue weighted by Gasteiger charge is -2.35. The maximum absolute atomic E-state index is 3.82. The van der Waals surface area contributed by atoms with Crippen LogP contribution in [0.2, 0.25) is 18.1 Å². The van der Waals surface area contributed by atoms with Gasteiger partial charge < -0.3 is 0 Å². The lowest BCUT2D eigenvalue weighted by Crippen LogP contribution is -2.35. The minimum absolute atomic E-state index is 0.323. The molecule has 0 nitrogen and oxygen atoms in total. The molecule has 0 aromatic heterocycles. The lowest BCUT2D eigenvalue weighted by atomic mass is 9.70. The van der Waals surface area contributed by atoms with Crippen LogP contribution in [0.3, 0.4) is 0 Å². The van der Waals surface area contributed by atoms with Crippen molar-refractivity contribution in [3.8, 4) is 11.5 Å². The summed E-state index contributed by atoms with van der Waals surface area (Å²) in [7, 11) is -1.57. The molecule has 0 atom stereocenters. The van der Waals surface area contributed by atoms with Gasteiger partial charge in [-0.15, -0.1) is 5.54 Å². The van der Waals surface area contributed by atoms with E-state index in [0.717, 1.165) is 18.8 Å². The second-order valence-electron chi connectivity index (χ2n) is 11.7. The predicted molar refractivity (Wildman–Crippen MR) is 133 cm³/mol. The van der Waals surface area contributed by atoms with Crippen molar-refractivity contribution in [2.24, 2.45) is 11.3 Å². The lowest BCUT2D eigenvalue weighted by molar-refractivity contribution is 0.197. The average molecular weight is 409 g/mol. The first-order valence-electron chi connectivity index (χ1n) is 11.7. The van der Waals surface area contributed by atoms with Gasteiger partial charge in [-0.3, -0.25) is 0 Å². The molecule has 0 radical (unpaired) electrons. The molecule has 0 bridgehead atoms. The van der Waals surface area contributed by atoms with E-state index in [1.165, 1.54) is 43.2 Å². The predicted octanol–water partition coefficient (Wildman–Crippen LogP) is 8.59. The van der Waals surface area contributed by atoms with Gasteiger partial charge in [0.25, 0.3) is 0 Å². The van der Waals surface area contributed by atoms with E-state index < -0.39 is 8.07 Å². The number of hydrogen-bond acceptors (Lipinski definition) is 0. The van der Waals surface area contributed by atoms with Gasteiger partial charge in [0.05, 0.1) is 0 Å². The molecule has 1 fully saturated rings. The van der Waals surface area contributed by atoms with Crippen LogP contribution < -0.4 is 0 Å². The van der Waals surface area contributed by atoms with Crippen LogP contribution in [0.4, 0.5) is 0 Å². The molecule has 0 spiro atoms. The van der Waals surface area contributed by atoms with Gasteiger partial charge in [0.1, 0.15) is 8.07 Å². The quantitative estimate of drug-likeness (QED) is 0.345. The summed E-state index contributed by atoms with van der Waals surface area (Å²) in [6, 6.07) is 10.9. The Balaban J connectivity index is 2.17. The van der Waals surface area contributed by atoms with Crippen LogP contribution in [0.25, 0.3) is 0 Å². The summed E-state index contributed by atoms with van der Waals surface area (Å²) in [6.45, 7) is 19.2. The summed E-state index contributed by atoms with van der Waals surface area (Å²) in [5, 5.41) is 0.323. The van der Waals surface area contributed by atoms with Gasteiger partial charge in [0, 0.05) is 5.57 Å². The van der Waals surface area contributed by atoms with Crippen LogP contribution in [-0.2, 0) is 6.42 Å². The Morgan fingerprint density at radius 3 is 2.07 bits per heavy atom. The molecular weight excluding hydrogens is 364 g/mol. The maximum Gasteiger partial charge on any atom is 0.138 e. The fraction of sp³-hybridized carbons (Fsp3) is 0.643. The van der Waals surface area contributed by atoms with Crippen molar-refractivity contribution in [3.05, 3.63) is 47.0 Å². The van der Waals surface area contributed by atoms with E-state index in [0.29, 0.717) is 10.5 Å². The number of allylic oxidation sites excluding steroid dienone is 2. The first-order chi connectivity index (χ1) is 13.4. The molecule has 1 saturated carbocycles. The zero-order valence-electron chi connectivity index (χ0n) is 20.4. The summed E-state index contributed by atoms with van der Waals surface area (Å²) in [5.74, 6) is 4.62. The molecule has 1 aliphatic carbocycles. The van der Waals surface area contributed by atoms with Crippen LogP contribution in [-0.4, -0.2) is 8.07 Å². The fourth-order valence-electron chi connectivity index (χ4n) is 3.99. The third kappa shape index (κ3) is 7.18. The average Bonchev–Trinajstić information content (AvgIpc) is 2.64. The van der Waals surface area contributed by atoms with Crippen LogP contribution in [0.5, 0.6) is 0 Å². The molecule has 0 N–H and O–H groups in total. The van der Waals surface area contributed by atoms with E-state index in [1.807, 2.05) is 0 Å². The zero-order chi connectivity index (χ0) is 21.7. The Morgan fingerprint density at radius 1 is 0.966 bits per heavy atom. The van der Waals surface area contributed by atoms with Gasteiger partial charge in [0.15, 0.2) is 0 Å². The molecule has 0 unspecified atom stereocenters. The minimum Gasteiger partial charge on any atom is -0.126 e. The molecule has 0 heterocycles. The summed E-state index contributed by atoms with van der Waals surface area (Å²) < 4.78 is 0. The van der Waals surface area contributed by atoms with Crippen LogP contribution >= 0.6 is 0 Å². The number of rotatable bonds is 4. The summed E-state index contributed by atoms with van der Waals surface area (Å²) in [5.41, 5.74) is 8.86. The van der Waals surface area contributed by atoms with E-state index in [1.54, 1.807) is 5.57 Å². The van der Waals surface area contributed by atoms with Crippen molar-refractivity contribution < 1.29 is 0 Å². The van der Waals surface area contributed by atoms with Crippen molar-refractivity contribution in [2.45, 2.75) is 105 Å². The highest BCUT2D eigenvalue weighted by Gasteiger charge is 2.34. The monoisotopic (exact) mass is 408 g/mol. The van der Waals surface area contributed by atoms with Crippen molar-refractivity contribution in [1.29, 1.82) is 0 Å². The van der Waals surface area contributed by atoms with Crippen molar-refractivity contribution in [2.75, 3.05) is 0 Å². The Bertz CT molecular complexity index is 731. The van der Waals surface area contributed by atoms with E-state index >= 15 is 0 Å². The molecule has 0 saturated heterocycles. The molecule has 2 rings (SSSR count). The highest BCUT2D eigenvalue weighted by molar-refractivity contribution is 6.87. The van der Waals surface area contributed by atoms with E-state index in [9.17, 15) is 0 Å². The topological polar surface area (TPSA) is 0 Å². The Labute approximate surface area is 182 Å². The van der Waals surface area contributed by atoms with E-state index in [-0.39, 0.29) is 0 Å². The summed E-state index contributed by atoms with van der Waals surface area (Å²) in [4.78, 5) is 0. The smallest absolute Gasteiger partial charge is 0.126 e. The highest BCUT2D eigenvalue weighted by atomic mass is 28.3. The Kier molecular flexibility index (Phi) is 8.03. The Hall–Kier alpha value is -1.26. The van der Waals surface area contributed by atoms with Gasteiger partial charge in [0.2, 0.25) is 0 Å². The van der Waals surface area contributed by atoms with Gasteiger partial charge in [-0.05, 0) is 66.9 Å². The first-order valence-corrected chi connectivity index (χ1v) is 14.7. The number of benzene rings is 1. The summed E-state index contributed by atoms with van der Waals surface area (Å²) in [6.07, 6.45) is 8.70. The molecule has 29 heavy (non-hydrogen) atoms. The number of hydrogen-bond donors (Lipinski definition) is 0. The number of aryl methyl sites for hydroxylation is 1. The van der Waals surface area contributed by atoms with Gasteiger partial charge in [-0.1, -0.05) is 96.5 Å².